The van der Waals surface area contributed by atoms with Crippen molar-refractivity contribution < 1.29 is 23.8 Å². The minimum absolute atomic E-state index is 0.00157. The van der Waals surface area contributed by atoms with E-state index in [1.54, 1.807) is 0 Å². The van der Waals surface area contributed by atoms with Gasteiger partial charge < -0.3 is 24.8 Å². The molecule has 0 aliphatic heterocycles. The highest BCUT2D eigenvalue weighted by molar-refractivity contribution is 5.78. The molecule has 0 aromatic heterocycles. The minimum Gasteiger partial charge on any atom is -0.446 e. The van der Waals surface area contributed by atoms with Crippen molar-refractivity contribution in [3.05, 3.63) is 0 Å². The number of nitrogens with one attached hydrogen (secondary N) is 2. The topological polar surface area (TPSA) is 85.9 Å². The normalized spacial score (nSPS) is 21.8. The van der Waals surface area contributed by atoms with Crippen LogP contribution in [0, 0.1) is 5.92 Å². The highest BCUT2D eigenvalue weighted by Crippen LogP contribution is 2.26. The molecule has 0 radical (unpaired) electrons. The van der Waals surface area contributed by atoms with Crippen LogP contribution in [0.2, 0.25) is 0 Å². The Balaban J connectivity index is 2.29. The van der Waals surface area contributed by atoms with Crippen molar-refractivity contribution in [1.29, 1.82) is 0 Å². The maximum Gasteiger partial charge on any atom is 0.407 e. The van der Waals surface area contributed by atoms with Crippen LogP contribution in [0.3, 0.4) is 0 Å². The first-order valence-corrected chi connectivity index (χ1v) is 8.07. The average molecular weight is 330 g/mol. The standard InChI is InChI=1S/C16H30N2O5/c1-16(2,3)18-15(20)23-12-8-6-11(7-9-12)14(19)17-10-13(21-4)22-5/h11-13H,6-10H2,1-5H3,(H,17,19)(H,18,20). The van der Waals surface area contributed by atoms with Gasteiger partial charge in [-0.25, -0.2) is 4.79 Å². The van der Waals surface area contributed by atoms with E-state index in [4.69, 9.17) is 14.2 Å². The molecule has 0 saturated heterocycles. The monoisotopic (exact) mass is 330 g/mol. The Labute approximate surface area is 138 Å². The summed E-state index contributed by atoms with van der Waals surface area (Å²) in [7, 11) is 3.07. The highest BCUT2D eigenvalue weighted by Gasteiger charge is 2.29. The average Bonchev–Trinajstić information content (AvgIpc) is 2.46. The lowest BCUT2D eigenvalue weighted by Crippen LogP contribution is -2.43. The third-order valence-corrected chi connectivity index (χ3v) is 3.76. The van der Waals surface area contributed by atoms with Gasteiger partial charge in [0, 0.05) is 25.7 Å². The third kappa shape index (κ3) is 7.65. The first kappa shape index (κ1) is 19.7. The summed E-state index contributed by atoms with van der Waals surface area (Å²) in [4.78, 5) is 23.9. The van der Waals surface area contributed by atoms with Crippen LogP contribution in [0.4, 0.5) is 4.79 Å². The Morgan fingerprint density at radius 1 is 1.09 bits per heavy atom. The third-order valence-electron chi connectivity index (χ3n) is 3.76. The van der Waals surface area contributed by atoms with Crippen molar-refractivity contribution in [2.75, 3.05) is 20.8 Å². The number of amides is 2. The maximum atomic E-state index is 12.1. The Hall–Kier alpha value is -1.34. The molecule has 1 aliphatic rings. The molecule has 0 atom stereocenters. The van der Waals surface area contributed by atoms with E-state index in [0.717, 1.165) is 0 Å². The molecule has 0 unspecified atom stereocenters. The van der Waals surface area contributed by atoms with Crippen LogP contribution in [0.5, 0.6) is 0 Å². The van der Waals surface area contributed by atoms with Gasteiger partial charge in [-0.1, -0.05) is 0 Å². The van der Waals surface area contributed by atoms with Crippen LogP contribution in [0.25, 0.3) is 0 Å². The van der Waals surface area contributed by atoms with Crippen molar-refractivity contribution >= 4 is 12.0 Å². The van der Waals surface area contributed by atoms with E-state index >= 15 is 0 Å². The van der Waals surface area contributed by atoms with Crippen LogP contribution >= 0.6 is 0 Å². The fourth-order valence-electron chi connectivity index (χ4n) is 2.52. The van der Waals surface area contributed by atoms with Crippen LogP contribution in [-0.2, 0) is 19.0 Å². The van der Waals surface area contributed by atoms with Gasteiger partial charge in [-0.3, -0.25) is 4.79 Å². The predicted molar refractivity (Wildman–Crippen MR) is 85.9 cm³/mol. The van der Waals surface area contributed by atoms with Gasteiger partial charge in [0.1, 0.15) is 6.10 Å². The van der Waals surface area contributed by atoms with Gasteiger partial charge in [-0.2, -0.15) is 0 Å². The molecule has 2 N–H and O–H groups in total. The number of hydrogen-bond donors (Lipinski definition) is 2. The van der Waals surface area contributed by atoms with Crippen molar-refractivity contribution in [2.45, 2.75) is 64.4 Å². The molecule has 1 fully saturated rings. The van der Waals surface area contributed by atoms with Crippen molar-refractivity contribution in [2.24, 2.45) is 5.92 Å². The molecule has 134 valence electrons. The molecule has 1 rings (SSSR count). The lowest BCUT2D eigenvalue weighted by atomic mass is 9.87. The fraction of sp³-hybridized carbons (Fsp3) is 0.875. The second-order valence-corrected chi connectivity index (χ2v) is 6.90. The van der Waals surface area contributed by atoms with E-state index < -0.39 is 12.4 Å². The van der Waals surface area contributed by atoms with Gasteiger partial charge in [0.05, 0.1) is 6.54 Å². The lowest BCUT2D eigenvalue weighted by molar-refractivity contribution is -0.132. The number of ether oxygens (including phenoxy) is 3. The first-order chi connectivity index (χ1) is 10.7. The molecule has 7 nitrogen and oxygen atoms in total. The van der Waals surface area contributed by atoms with Gasteiger partial charge in [-0.15, -0.1) is 0 Å². The Kier molecular flexibility index (Phi) is 7.78. The number of methoxy groups -OCH3 is 2. The zero-order valence-electron chi connectivity index (χ0n) is 14.8. The smallest absolute Gasteiger partial charge is 0.407 e. The molecule has 0 aromatic rings. The SMILES string of the molecule is COC(CNC(=O)C1CCC(OC(=O)NC(C)(C)C)CC1)OC. The number of rotatable bonds is 6. The summed E-state index contributed by atoms with van der Waals surface area (Å²) in [6, 6.07) is 0. The molecule has 0 bridgehead atoms. The number of hydrogen-bond acceptors (Lipinski definition) is 5. The summed E-state index contributed by atoms with van der Waals surface area (Å²) in [6.07, 6.45) is 1.88. The molecule has 1 aliphatic carbocycles. The Bertz CT molecular complexity index is 382. The summed E-state index contributed by atoms with van der Waals surface area (Å²) in [5.74, 6) is -0.0448. The molecule has 0 aromatic carbocycles. The summed E-state index contributed by atoms with van der Waals surface area (Å²) in [5, 5.41) is 5.61. The fourth-order valence-corrected chi connectivity index (χ4v) is 2.52. The second kappa shape index (κ2) is 9.08. The number of carbonyl (C=O) groups is 2. The van der Waals surface area contributed by atoms with Gasteiger partial charge >= 0.3 is 6.09 Å². The van der Waals surface area contributed by atoms with E-state index in [2.05, 4.69) is 10.6 Å². The number of carbonyl (C=O) groups excluding carboxylic acids is 2. The predicted octanol–water partition coefficient (Wildman–Crippen LogP) is 1.80. The van der Waals surface area contributed by atoms with Crippen LogP contribution < -0.4 is 10.6 Å². The molecular formula is C16H30N2O5. The van der Waals surface area contributed by atoms with Crippen LogP contribution in [0.15, 0.2) is 0 Å². The first-order valence-electron chi connectivity index (χ1n) is 8.07. The van der Waals surface area contributed by atoms with Crippen molar-refractivity contribution in [1.82, 2.24) is 10.6 Å². The summed E-state index contributed by atoms with van der Waals surface area (Å²) >= 11 is 0. The molecule has 2 amide bonds. The molecular weight excluding hydrogens is 300 g/mol. The zero-order valence-corrected chi connectivity index (χ0v) is 14.8. The Morgan fingerprint density at radius 2 is 1.65 bits per heavy atom. The minimum atomic E-state index is -0.431. The molecule has 7 heteroatoms. The molecule has 0 heterocycles. The largest absolute Gasteiger partial charge is 0.446 e. The van der Waals surface area contributed by atoms with Gasteiger partial charge in [-0.05, 0) is 46.5 Å². The maximum absolute atomic E-state index is 12.1. The number of alkyl carbamates (subject to hydrolysis) is 1. The molecule has 1 saturated carbocycles. The molecule has 23 heavy (non-hydrogen) atoms. The van der Waals surface area contributed by atoms with E-state index in [-0.39, 0.29) is 23.5 Å². The molecule has 0 spiro atoms. The van der Waals surface area contributed by atoms with Gasteiger partial charge in [0.2, 0.25) is 5.91 Å². The van der Waals surface area contributed by atoms with Gasteiger partial charge in [0.25, 0.3) is 0 Å². The van der Waals surface area contributed by atoms with E-state index in [1.165, 1.54) is 14.2 Å². The van der Waals surface area contributed by atoms with E-state index in [0.29, 0.717) is 32.2 Å². The second-order valence-electron chi connectivity index (χ2n) is 6.90. The summed E-state index contributed by atoms with van der Waals surface area (Å²) < 4.78 is 15.5. The quantitative estimate of drug-likeness (QED) is 0.725. The van der Waals surface area contributed by atoms with Crippen LogP contribution in [-0.4, -0.2) is 50.7 Å². The summed E-state index contributed by atoms with van der Waals surface area (Å²) in [6.45, 7) is 6.05. The lowest BCUT2D eigenvalue weighted by Gasteiger charge is -2.29. The van der Waals surface area contributed by atoms with Crippen LogP contribution in [0.1, 0.15) is 46.5 Å². The van der Waals surface area contributed by atoms with E-state index in [1.807, 2.05) is 20.8 Å². The highest BCUT2D eigenvalue weighted by atomic mass is 16.7. The van der Waals surface area contributed by atoms with Crippen molar-refractivity contribution in [3.8, 4) is 0 Å². The van der Waals surface area contributed by atoms with E-state index in [9.17, 15) is 9.59 Å². The zero-order chi connectivity index (χ0) is 17.5. The summed E-state index contributed by atoms with van der Waals surface area (Å²) in [5.41, 5.74) is -0.312. The van der Waals surface area contributed by atoms with Gasteiger partial charge in [0.15, 0.2) is 6.29 Å². The van der Waals surface area contributed by atoms with Crippen molar-refractivity contribution in [3.63, 3.8) is 0 Å². The Morgan fingerprint density at radius 3 is 2.13 bits per heavy atom.